The summed E-state index contributed by atoms with van der Waals surface area (Å²) in [4.78, 5) is 31.0. The molecule has 1 amide bonds. The van der Waals surface area contributed by atoms with E-state index in [2.05, 4.69) is 10.3 Å². The van der Waals surface area contributed by atoms with Crippen LogP contribution in [0.4, 0.5) is 0 Å². The van der Waals surface area contributed by atoms with Gasteiger partial charge < -0.3 is 10.4 Å². The lowest BCUT2D eigenvalue weighted by atomic mass is 10.1. The number of carbonyl (C=O) groups excluding carboxylic acids is 1. The van der Waals surface area contributed by atoms with E-state index in [1.54, 1.807) is 18.2 Å². The number of rotatable bonds is 5. The molecule has 0 saturated carbocycles. The van der Waals surface area contributed by atoms with Crippen molar-refractivity contribution in [3.05, 3.63) is 57.0 Å². The second-order valence-electron chi connectivity index (χ2n) is 6.34. The van der Waals surface area contributed by atoms with Crippen molar-refractivity contribution < 1.29 is 9.90 Å². The Kier molecular flexibility index (Phi) is 5.08. The maximum Gasteiger partial charge on any atom is 0.262 e. The fourth-order valence-electron chi connectivity index (χ4n) is 2.84. The molecule has 0 fully saturated rings. The Morgan fingerprint density at radius 2 is 2.15 bits per heavy atom. The first-order valence-corrected chi connectivity index (χ1v) is 9.22. The van der Waals surface area contributed by atoms with Gasteiger partial charge in [0.2, 0.25) is 5.91 Å². The van der Waals surface area contributed by atoms with Gasteiger partial charge in [-0.15, -0.1) is 11.3 Å². The highest BCUT2D eigenvalue weighted by molar-refractivity contribution is 7.18. The third kappa shape index (κ3) is 3.62. The molecule has 26 heavy (non-hydrogen) atoms. The Balaban J connectivity index is 1.68. The number of benzene rings is 1. The highest BCUT2D eigenvalue weighted by Gasteiger charge is 2.14. The summed E-state index contributed by atoms with van der Waals surface area (Å²) in [5.74, 6) is 0.00187. The Labute approximate surface area is 155 Å². The number of hydrogen-bond acceptors (Lipinski definition) is 5. The summed E-state index contributed by atoms with van der Waals surface area (Å²) >= 11 is 1.51. The zero-order valence-electron chi connectivity index (χ0n) is 14.9. The van der Waals surface area contributed by atoms with Gasteiger partial charge in [-0.1, -0.05) is 12.1 Å². The van der Waals surface area contributed by atoms with Gasteiger partial charge >= 0.3 is 0 Å². The van der Waals surface area contributed by atoms with Crippen LogP contribution in [-0.2, 0) is 11.3 Å². The number of thiophene rings is 1. The number of phenolic OH excluding ortho intramolecular Hbond substituents is 1. The summed E-state index contributed by atoms with van der Waals surface area (Å²) in [6.07, 6.45) is 1.68. The van der Waals surface area contributed by atoms with Crippen LogP contribution >= 0.6 is 11.3 Å². The fraction of sp³-hybridized carbons (Fsp3) is 0.316. The first-order valence-electron chi connectivity index (χ1n) is 8.40. The van der Waals surface area contributed by atoms with E-state index in [4.69, 9.17) is 0 Å². The van der Waals surface area contributed by atoms with Crippen molar-refractivity contribution in [2.75, 3.05) is 0 Å². The minimum absolute atomic E-state index is 0.106. The molecule has 0 radical (unpaired) electrons. The van der Waals surface area contributed by atoms with Crippen LogP contribution in [0, 0.1) is 13.8 Å². The van der Waals surface area contributed by atoms with Gasteiger partial charge in [-0.3, -0.25) is 14.2 Å². The number of phenols is 1. The van der Waals surface area contributed by atoms with Gasteiger partial charge in [0.25, 0.3) is 5.56 Å². The average molecular weight is 371 g/mol. The number of fused-ring (bicyclic) bond motifs is 1. The lowest BCUT2D eigenvalue weighted by Crippen LogP contribution is -2.29. The summed E-state index contributed by atoms with van der Waals surface area (Å²) in [5.41, 5.74) is 1.67. The molecule has 7 heteroatoms. The monoisotopic (exact) mass is 371 g/mol. The molecule has 0 unspecified atom stereocenters. The standard InChI is InChI=1S/C19H21N3O3S/c1-11-13(3)26-18-17(11)19(25)22(10-20-18)8-7-16(24)21-12(2)14-5-4-6-15(23)9-14/h4-6,9-10,12,23H,7-8H2,1-3H3,(H,21,24)/t12-/m0/s1. The normalized spacial score (nSPS) is 12.3. The zero-order chi connectivity index (χ0) is 18.8. The number of aromatic nitrogens is 2. The van der Waals surface area contributed by atoms with Crippen LogP contribution in [0.25, 0.3) is 10.2 Å². The SMILES string of the molecule is Cc1sc2ncn(CCC(=O)N[C@@H](C)c3cccc(O)c3)c(=O)c2c1C. The van der Waals surface area contributed by atoms with Crippen LogP contribution in [0.3, 0.4) is 0 Å². The molecule has 2 aromatic heterocycles. The van der Waals surface area contributed by atoms with E-state index in [1.807, 2.05) is 26.8 Å². The summed E-state index contributed by atoms with van der Waals surface area (Å²) < 4.78 is 1.49. The van der Waals surface area contributed by atoms with Crippen molar-refractivity contribution in [2.45, 2.75) is 39.8 Å². The molecule has 0 bridgehead atoms. The quantitative estimate of drug-likeness (QED) is 0.722. The van der Waals surface area contributed by atoms with E-state index in [-0.39, 0.29) is 36.2 Å². The van der Waals surface area contributed by atoms with Crippen LogP contribution < -0.4 is 10.9 Å². The number of nitrogens with zero attached hydrogens (tertiary/aromatic N) is 2. The summed E-state index contributed by atoms with van der Waals surface area (Å²) in [7, 11) is 0. The van der Waals surface area contributed by atoms with Crippen molar-refractivity contribution in [1.29, 1.82) is 0 Å². The van der Waals surface area contributed by atoms with Crippen LogP contribution in [-0.4, -0.2) is 20.6 Å². The number of amides is 1. The lowest BCUT2D eigenvalue weighted by Gasteiger charge is -2.15. The van der Waals surface area contributed by atoms with Gasteiger partial charge in [0.1, 0.15) is 10.6 Å². The average Bonchev–Trinajstić information content (AvgIpc) is 2.89. The predicted molar refractivity (Wildman–Crippen MR) is 103 cm³/mol. The van der Waals surface area contributed by atoms with Crippen molar-refractivity contribution in [3.63, 3.8) is 0 Å². The van der Waals surface area contributed by atoms with Crippen LogP contribution in [0.2, 0.25) is 0 Å². The van der Waals surface area contributed by atoms with Gasteiger partial charge in [0, 0.05) is 17.8 Å². The smallest absolute Gasteiger partial charge is 0.262 e. The predicted octanol–water partition coefficient (Wildman–Crippen LogP) is 3.05. The summed E-state index contributed by atoms with van der Waals surface area (Å²) in [5, 5.41) is 13.1. The summed E-state index contributed by atoms with van der Waals surface area (Å²) in [6.45, 7) is 6.02. The van der Waals surface area contributed by atoms with Crippen LogP contribution in [0.1, 0.15) is 35.4 Å². The number of aromatic hydroxyl groups is 1. The van der Waals surface area contributed by atoms with Crippen molar-refractivity contribution in [2.24, 2.45) is 0 Å². The van der Waals surface area contributed by atoms with Crippen molar-refractivity contribution in [3.8, 4) is 5.75 Å². The van der Waals surface area contributed by atoms with E-state index < -0.39 is 0 Å². The second-order valence-corrected chi connectivity index (χ2v) is 7.54. The fourth-order valence-corrected chi connectivity index (χ4v) is 3.83. The first-order chi connectivity index (χ1) is 12.4. The molecule has 2 heterocycles. The summed E-state index contributed by atoms with van der Waals surface area (Å²) in [6, 6.07) is 6.55. The van der Waals surface area contributed by atoms with Crippen LogP contribution in [0.15, 0.2) is 35.4 Å². The minimum atomic E-state index is -0.228. The van der Waals surface area contributed by atoms with E-state index >= 15 is 0 Å². The highest BCUT2D eigenvalue weighted by atomic mass is 32.1. The Morgan fingerprint density at radius 1 is 1.38 bits per heavy atom. The molecule has 1 aromatic carbocycles. The zero-order valence-corrected chi connectivity index (χ0v) is 15.8. The molecule has 3 aromatic rings. The minimum Gasteiger partial charge on any atom is -0.508 e. The Hall–Kier alpha value is -2.67. The van der Waals surface area contributed by atoms with Crippen LogP contribution in [0.5, 0.6) is 5.75 Å². The second kappa shape index (κ2) is 7.29. The van der Waals surface area contributed by atoms with Crippen molar-refractivity contribution >= 4 is 27.5 Å². The third-order valence-corrected chi connectivity index (χ3v) is 5.60. The van der Waals surface area contributed by atoms with E-state index in [9.17, 15) is 14.7 Å². The lowest BCUT2D eigenvalue weighted by molar-refractivity contribution is -0.121. The maximum absolute atomic E-state index is 12.6. The number of nitrogens with one attached hydrogen (secondary N) is 1. The van der Waals surface area contributed by atoms with Gasteiger partial charge in [0.15, 0.2) is 0 Å². The van der Waals surface area contributed by atoms with Gasteiger partial charge in [-0.25, -0.2) is 4.98 Å². The molecule has 0 aliphatic heterocycles. The molecule has 0 aliphatic carbocycles. The largest absolute Gasteiger partial charge is 0.508 e. The molecule has 0 spiro atoms. The Bertz CT molecular complexity index is 1020. The molecule has 2 N–H and O–H groups in total. The molecule has 0 aliphatic rings. The first kappa shape index (κ1) is 18.1. The van der Waals surface area contributed by atoms with E-state index in [0.717, 1.165) is 20.8 Å². The van der Waals surface area contributed by atoms with E-state index in [1.165, 1.54) is 22.2 Å². The van der Waals surface area contributed by atoms with E-state index in [0.29, 0.717) is 5.39 Å². The molecule has 1 atom stereocenters. The molecule has 3 rings (SSSR count). The molecular formula is C19H21N3O3S. The number of carbonyl (C=O) groups is 1. The number of aryl methyl sites for hydroxylation is 3. The molecule has 0 saturated heterocycles. The molecule has 136 valence electrons. The topological polar surface area (TPSA) is 84.2 Å². The maximum atomic E-state index is 12.6. The number of hydrogen-bond donors (Lipinski definition) is 2. The van der Waals surface area contributed by atoms with Gasteiger partial charge in [-0.2, -0.15) is 0 Å². The van der Waals surface area contributed by atoms with Gasteiger partial charge in [-0.05, 0) is 44.0 Å². The van der Waals surface area contributed by atoms with Crippen molar-refractivity contribution in [1.82, 2.24) is 14.9 Å². The Morgan fingerprint density at radius 3 is 2.88 bits per heavy atom. The highest BCUT2D eigenvalue weighted by Crippen LogP contribution is 2.25. The third-order valence-electron chi connectivity index (χ3n) is 4.48. The molecule has 6 nitrogen and oxygen atoms in total. The molecular weight excluding hydrogens is 350 g/mol. The van der Waals surface area contributed by atoms with Gasteiger partial charge in [0.05, 0.1) is 17.8 Å².